The zero-order valence-electron chi connectivity index (χ0n) is 6.50. The first kappa shape index (κ1) is 7.18. The van der Waals surface area contributed by atoms with Gasteiger partial charge >= 0.3 is 0 Å². The van der Waals surface area contributed by atoms with Crippen LogP contribution in [0.4, 0.5) is 0 Å². The van der Waals surface area contributed by atoms with Crippen molar-refractivity contribution in [1.82, 2.24) is 9.59 Å². The summed E-state index contributed by atoms with van der Waals surface area (Å²) >= 11 is 1.50. The highest BCUT2D eigenvalue weighted by molar-refractivity contribution is 7.05. The van der Waals surface area contributed by atoms with Gasteiger partial charge in [-0.1, -0.05) is 4.49 Å². The fourth-order valence-corrected chi connectivity index (χ4v) is 2.29. The SMILES string of the molecule is Cc1nnsc1C1(CN)CC1. The molecule has 1 fully saturated rings. The van der Waals surface area contributed by atoms with E-state index in [2.05, 4.69) is 9.59 Å². The quantitative estimate of drug-likeness (QED) is 0.713. The van der Waals surface area contributed by atoms with Gasteiger partial charge in [-0.25, -0.2) is 0 Å². The van der Waals surface area contributed by atoms with Crippen LogP contribution in [0.3, 0.4) is 0 Å². The second-order valence-electron chi connectivity index (χ2n) is 3.17. The van der Waals surface area contributed by atoms with Gasteiger partial charge in [0.15, 0.2) is 0 Å². The van der Waals surface area contributed by atoms with E-state index in [4.69, 9.17) is 5.73 Å². The van der Waals surface area contributed by atoms with Gasteiger partial charge in [0.2, 0.25) is 0 Å². The van der Waals surface area contributed by atoms with Crippen LogP contribution in [0.15, 0.2) is 0 Å². The largest absolute Gasteiger partial charge is 0.330 e. The minimum Gasteiger partial charge on any atom is -0.330 e. The molecule has 1 aliphatic carbocycles. The smallest absolute Gasteiger partial charge is 0.0762 e. The average molecular weight is 169 g/mol. The van der Waals surface area contributed by atoms with E-state index in [0.717, 1.165) is 12.2 Å². The molecule has 0 aromatic carbocycles. The molecule has 2 N–H and O–H groups in total. The summed E-state index contributed by atoms with van der Waals surface area (Å²) in [5.41, 5.74) is 7.02. The van der Waals surface area contributed by atoms with E-state index in [1.807, 2.05) is 6.92 Å². The maximum absolute atomic E-state index is 5.68. The Balaban J connectivity index is 2.35. The van der Waals surface area contributed by atoms with Crippen molar-refractivity contribution >= 4 is 11.5 Å². The van der Waals surface area contributed by atoms with Crippen molar-refractivity contribution in [2.24, 2.45) is 5.73 Å². The summed E-state index contributed by atoms with van der Waals surface area (Å²) in [6, 6.07) is 0. The zero-order chi connectivity index (χ0) is 7.90. The molecule has 0 atom stereocenters. The molecule has 0 saturated heterocycles. The second kappa shape index (κ2) is 2.25. The molecule has 3 nitrogen and oxygen atoms in total. The van der Waals surface area contributed by atoms with Crippen molar-refractivity contribution in [3.05, 3.63) is 10.6 Å². The van der Waals surface area contributed by atoms with Crippen molar-refractivity contribution in [3.63, 3.8) is 0 Å². The summed E-state index contributed by atoms with van der Waals surface area (Å²) in [6.45, 7) is 2.76. The van der Waals surface area contributed by atoms with Gasteiger partial charge in [0.05, 0.1) is 10.6 Å². The first-order valence-corrected chi connectivity index (χ1v) is 4.55. The van der Waals surface area contributed by atoms with Gasteiger partial charge in [0.25, 0.3) is 0 Å². The highest BCUT2D eigenvalue weighted by Gasteiger charge is 2.45. The molecule has 11 heavy (non-hydrogen) atoms. The number of nitrogens with two attached hydrogens (primary N) is 1. The normalized spacial score (nSPS) is 20.2. The van der Waals surface area contributed by atoms with E-state index >= 15 is 0 Å². The van der Waals surface area contributed by atoms with E-state index < -0.39 is 0 Å². The molecule has 4 heteroatoms. The van der Waals surface area contributed by atoms with Crippen molar-refractivity contribution in [2.75, 3.05) is 6.54 Å². The molecule has 2 rings (SSSR count). The number of nitrogens with zero attached hydrogens (tertiary/aromatic N) is 2. The molecule has 1 aromatic heterocycles. The maximum Gasteiger partial charge on any atom is 0.0762 e. The Kier molecular flexibility index (Phi) is 1.47. The third-order valence-electron chi connectivity index (χ3n) is 2.38. The van der Waals surface area contributed by atoms with Crippen molar-refractivity contribution in [3.8, 4) is 0 Å². The third kappa shape index (κ3) is 0.973. The van der Waals surface area contributed by atoms with Crippen molar-refractivity contribution < 1.29 is 0 Å². The standard InChI is InChI=1S/C7H11N3S/c1-5-6(11-10-9-5)7(4-8)2-3-7/h2-4,8H2,1H3. The van der Waals surface area contributed by atoms with E-state index in [1.54, 1.807) is 0 Å². The minimum absolute atomic E-state index is 0.276. The van der Waals surface area contributed by atoms with E-state index in [9.17, 15) is 0 Å². The summed E-state index contributed by atoms with van der Waals surface area (Å²) < 4.78 is 3.91. The van der Waals surface area contributed by atoms with Crippen molar-refractivity contribution in [2.45, 2.75) is 25.2 Å². The fraction of sp³-hybridized carbons (Fsp3) is 0.714. The Morgan fingerprint density at radius 1 is 1.64 bits per heavy atom. The summed E-state index contributed by atoms with van der Waals surface area (Å²) in [5, 5.41) is 3.98. The zero-order valence-corrected chi connectivity index (χ0v) is 7.32. The molecule has 1 saturated carbocycles. The third-order valence-corrected chi connectivity index (χ3v) is 3.45. The summed E-state index contributed by atoms with van der Waals surface area (Å²) in [5.74, 6) is 0. The highest BCUT2D eigenvalue weighted by atomic mass is 32.1. The molecule has 0 unspecified atom stereocenters. The van der Waals surface area contributed by atoms with Crippen LogP contribution in [-0.4, -0.2) is 16.1 Å². The van der Waals surface area contributed by atoms with Crippen LogP contribution in [0.2, 0.25) is 0 Å². The monoisotopic (exact) mass is 169 g/mol. The highest BCUT2D eigenvalue weighted by Crippen LogP contribution is 2.49. The molecule has 0 spiro atoms. The number of aryl methyl sites for hydroxylation is 1. The summed E-state index contributed by atoms with van der Waals surface area (Å²) in [6.07, 6.45) is 2.43. The van der Waals surface area contributed by atoms with Crippen molar-refractivity contribution in [1.29, 1.82) is 0 Å². The number of hydrogen-bond acceptors (Lipinski definition) is 4. The molecule has 1 aromatic rings. The van der Waals surface area contributed by atoms with Gasteiger partial charge in [-0.05, 0) is 31.3 Å². The lowest BCUT2D eigenvalue weighted by Gasteiger charge is -2.07. The minimum atomic E-state index is 0.276. The lowest BCUT2D eigenvalue weighted by Crippen LogP contribution is -2.19. The molecular formula is C7H11N3S. The van der Waals surface area contributed by atoms with Gasteiger partial charge in [0, 0.05) is 12.0 Å². The Morgan fingerprint density at radius 3 is 2.73 bits per heavy atom. The van der Waals surface area contributed by atoms with Gasteiger partial charge in [-0.3, -0.25) is 0 Å². The van der Waals surface area contributed by atoms with E-state index in [1.165, 1.54) is 29.3 Å². The predicted molar refractivity (Wildman–Crippen MR) is 44.6 cm³/mol. The second-order valence-corrected chi connectivity index (χ2v) is 3.93. The average Bonchev–Trinajstić information content (AvgIpc) is 2.70. The van der Waals surface area contributed by atoms with Gasteiger partial charge in [-0.2, -0.15) is 0 Å². The van der Waals surface area contributed by atoms with E-state index in [-0.39, 0.29) is 5.41 Å². The molecule has 0 bridgehead atoms. The van der Waals surface area contributed by atoms with Crippen LogP contribution in [0.5, 0.6) is 0 Å². The molecule has 0 aliphatic heterocycles. The lowest BCUT2D eigenvalue weighted by atomic mass is 10.0. The number of hydrogen-bond donors (Lipinski definition) is 1. The van der Waals surface area contributed by atoms with Gasteiger partial charge < -0.3 is 5.73 Å². The maximum atomic E-state index is 5.68. The Morgan fingerprint density at radius 2 is 2.36 bits per heavy atom. The summed E-state index contributed by atoms with van der Waals surface area (Å²) in [7, 11) is 0. The Labute approximate surface area is 69.8 Å². The molecular weight excluding hydrogens is 158 g/mol. The van der Waals surface area contributed by atoms with Crippen LogP contribution >= 0.6 is 11.5 Å². The van der Waals surface area contributed by atoms with Gasteiger partial charge in [0.1, 0.15) is 0 Å². The first-order chi connectivity index (χ1) is 5.28. The van der Waals surface area contributed by atoms with Crippen LogP contribution in [0, 0.1) is 6.92 Å². The van der Waals surface area contributed by atoms with Crippen LogP contribution in [0.1, 0.15) is 23.4 Å². The number of aromatic nitrogens is 2. The molecule has 1 aliphatic rings. The molecule has 0 radical (unpaired) electrons. The van der Waals surface area contributed by atoms with Crippen LogP contribution in [-0.2, 0) is 5.41 Å². The van der Waals surface area contributed by atoms with Crippen LogP contribution in [0.25, 0.3) is 0 Å². The predicted octanol–water partition coefficient (Wildman–Crippen LogP) is 0.837. The van der Waals surface area contributed by atoms with Crippen LogP contribution < -0.4 is 5.73 Å². The summed E-state index contributed by atoms with van der Waals surface area (Å²) in [4.78, 5) is 1.31. The number of rotatable bonds is 2. The van der Waals surface area contributed by atoms with Gasteiger partial charge in [-0.15, -0.1) is 5.10 Å². The lowest BCUT2D eigenvalue weighted by molar-refractivity contribution is 0.711. The topological polar surface area (TPSA) is 51.8 Å². The Hall–Kier alpha value is -0.480. The molecule has 60 valence electrons. The molecule has 1 heterocycles. The Bertz CT molecular complexity index is 264. The molecule has 0 amide bonds. The van der Waals surface area contributed by atoms with E-state index in [0.29, 0.717) is 0 Å². The fourth-order valence-electron chi connectivity index (χ4n) is 1.39. The first-order valence-electron chi connectivity index (χ1n) is 3.78.